The molecule has 6 heteroatoms. The molecule has 2 N–H and O–H groups in total. The largest absolute Gasteiger partial charge is 0.388 e. The number of nitrogens with one attached hydrogen (secondary N) is 2. The van der Waals surface area contributed by atoms with Crippen LogP contribution in [0.4, 0.5) is 15.8 Å². The van der Waals surface area contributed by atoms with Crippen molar-refractivity contribution >= 4 is 21.4 Å². The van der Waals surface area contributed by atoms with Crippen molar-refractivity contribution in [3.63, 3.8) is 0 Å². The van der Waals surface area contributed by atoms with Crippen LogP contribution in [-0.4, -0.2) is 15.5 Å². The lowest BCUT2D eigenvalue weighted by molar-refractivity contribution is 0.601. The average molecular weight is 294 g/mol. The van der Waals surface area contributed by atoms with Crippen LogP contribution in [0.25, 0.3) is 0 Å². The third-order valence-electron chi connectivity index (χ3n) is 2.97. The number of hydrogen-bond donors (Lipinski definition) is 2. The highest BCUT2D eigenvalue weighted by atomic mass is 32.2. The zero-order valence-electron chi connectivity index (χ0n) is 11.1. The van der Waals surface area contributed by atoms with Crippen molar-refractivity contribution in [2.24, 2.45) is 0 Å². The van der Waals surface area contributed by atoms with Gasteiger partial charge in [-0.15, -0.1) is 0 Å². The Labute approximate surface area is 117 Å². The molecule has 0 bridgehead atoms. The summed E-state index contributed by atoms with van der Waals surface area (Å²) in [7, 11) is -1.97. The number of hydrogen-bond acceptors (Lipinski definition) is 3. The van der Waals surface area contributed by atoms with Crippen LogP contribution in [0.5, 0.6) is 0 Å². The van der Waals surface area contributed by atoms with E-state index in [0.717, 1.165) is 5.69 Å². The summed E-state index contributed by atoms with van der Waals surface area (Å²) in [6, 6.07) is 10.6. The summed E-state index contributed by atoms with van der Waals surface area (Å²) in [6.07, 6.45) is 0. The maximum Gasteiger partial charge on any atom is 0.261 e. The molecule has 0 atom stereocenters. The van der Waals surface area contributed by atoms with Crippen LogP contribution in [0.2, 0.25) is 0 Å². The maximum absolute atomic E-state index is 13.4. The Morgan fingerprint density at radius 1 is 1.05 bits per heavy atom. The van der Waals surface area contributed by atoms with E-state index in [-0.39, 0.29) is 16.1 Å². The van der Waals surface area contributed by atoms with Crippen molar-refractivity contribution < 1.29 is 12.8 Å². The molecule has 0 spiro atoms. The second kappa shape index (κ2) is 5.50. The molecule has 0 aliphatic heterocycles. The molecule has 2 rings (SSSR count). The van der Waals surface area contributed by atoms with Gasteiger partial charge in [-0.3, -0.25) is 4.72 Å². The predicted molar refractivity (Wildman–Crippen MR) is 77.9 cm³/mol. The summed E-state index contributed by atoms with van der Waals surface area (Å²) < 4.78 is 40.2. The predicted octanol–water partition coefficient (Wildman–Crippen LogP) is 2.98. The molecule has 106 valence electrons. The number of rotatable bonds is 4. The molecule has 0 unspecified atom stereocenters. The average Bonchev–Trinajstić information content (AvgIpc) is 2.44. The van der Waals surface area contributed by atoms with Gasteiger partial charge < -0.3 is 5.32 Å². The Morgan fingerprint density at radius 3 is 2.30 bits per heavy atom. The standard InChI is InChI=1S/C14H15FN2O2S/c1-10-13(15)4-3-5-14(10)17-20(18,19)12-8-6-11(16-2)7-9-12/h3-9,16-17H,1-2H3. The third-order valence-corrected chi connectivity index (χ3v) is 4.35. The molecule has 0 radical (unpaired) electrons. The van der Waals surface area contributed by atoms with Crippen molar-refractivity contribution in [3.8, 4) is 0 Å². The van der Waals surface area contributed by atoms with Crippen LogP contribution < -0.4 is 10.0 Å². The molecule has 0 heterocycles. The normalized spacial score (nSPS) is 11.2. The molecule has 0 fully saturated rings. The van der Waals surface area contributed by atoms with Gasteiger partial charge in [0.15, 0.2) is 0 Å². The van der Waals surface area contributed by atoms with Crippen molar-refractivity contribution in [3.05, 3.63) is 53.8 Å². The maximum atomic E-state index is 13.4. The highest BCUT2D eigenvalue weighted by Crippen LogP contribution is 2.22. The fourth-order valence-corrected chi connectivity index (χ4v) is 2.85. The van der Waals surface area contributed by atoms with E-state index in [0.29, 0.717) is 0 Å². The van der Waals surface area contributed by atoms with Crippen LogP contribution in [-0.2, 0) is 10.0 Å². The van der Waals surface area contributed by atoms with Crippen molar-refractivity contribution in [1.29, 1.82) is 0 Å². The van der Waals surface area contributed by atoms with E-state index in [1.54, 1.807) is 19.2 Å². The van der Waals surface area contributed by atoms with Gasteiger partial charge in [0, 0.05) is 18.3 Å². The van der Waals surface area contributed by atoms with Crippen LogP contribution >= 0.6 is 0 Å². The summed E-state index contributed by atoms with van der Waals surface area (Å²) >= 11 is 0. The zero-order chi connectivity index (χ0) is 14.8. The molecular weight excluding hydrogens is 279 g/mol. The lowest BCUT2D eigenvalue weighted by atomic mass is 10.2. The fraction of sp³-hybridized carbons (Fsp3) is 0.143. The molecule has 2 aromatic carbocycles. The van der Waals surface area contributed by atoms with E-state index in [4.69, 9.17) is 0 Å². The quantitative estimate of drug-likeness (QED) is 0.911. The summed E-state index contributed by atoms with van der Waals surface area (Å²) in [5.74, 6) is -0.448. The Kier molecular flexibility index (Phi) is 3.94. The van der Waals surface area contributed by atoms with Gasteiger partial charge in [-0.2, -0.15) is 0 Å². The topological polar surface area (TPSA) is 58.2 Å². The van der Waals surface area contributed by atoms with E-state index in [1.807, 2.05) is 0 Å². The second-order valence-electron chi connectivity index (χ2n) is 4.29. The van der Waals surface area contributed by atoms with Crippen LogP contribution in [0, 0.1) is 12.7 Å². The molecule has 0 amide bonds. The second-order valence-corrected chi connectivity index (χ2v) is 5.97. The van der Waals surface area contributed by atoms with Gasteiger partial charge in [-0.25, -0.2) is 12.8 Å². The first-order valence-corrected chi connectivity index (χ1v) is 7.48. The molecule has 0 saturated carbocycles. The van der Waals surface area contributed by atoms with Crippen LogP contribution in [0.3, 0.4) is 0 Å². The molecule has 0 saturated heterocycles. The lowest BCUT2D eigenvalue weighted by Crippen LogP contribution is -2.14. The van der Waals surface area contributed by atoms with Crippen molar-refractivity contribution in [2.75, 3.05) is 17.1 Å². The molecule has 4 nitrogen and oxygen atoms in total. The first kappa shape index (κ1) is 14.3. The zero-order valence-corrected chi connectivity index (χ0v) is 12.0. The minimum Gasteiger partial charge on any atom is -0.388 e. The minimum atomic E-state index is -3.72. The van der Waals surface area contributed by atoms with E-state index < -0.39 is 15.8 Å². The number of benzene rings is 2. The van der Waals surface area contributed by atoms with Crippen molar-refractivity contribution in [1.82, 2.24) is 0 Å². The lowest BCUT2D eigenvalue weighted by Gasteiger charge is -2.11. The van der Waals surface area contributed by atoms with E-state index in [2.05, 4.69) is 10.0 Å². The van der Waals surface area contributed by atoms with Crippen molar-refractivity contribution in [2.45, 2.75) is 11.8 Å². The summed E-state index contributed by atoms with van der Waals surface area (Å²) in [5.41, 5.74) is 1.32. The fourth-order valence-electron chi connectivity index (χ4n) is 1.72. The molecule has 0 aromatic heterocycles. The third kappa shape index (κ3) is 2.91. The highest BCUT2D eigenvalue weighted by Gasteiger charge is 2.16. The van der Waals surface area contributed by atoms with Gasteiger partial charge in [0.05, 0.1) is 10.6 Å². The highest BCUT2D eigenvalue weighted by molar-refractivity contribution is 7.92. The van der Waals surface area contributed by atoms with Gasteiger partial charge in [-0.1, -0.05) is 6.07 Å². The van der Waals surface area contributed by atoms with Gasteiger partial charge in [0.2, 0.25) is 0 Å². The molecule has 20 heavy (non-hydrogen) atoms. The van der Waals surface area contributed by atoms with Gasteiger partial charge in [-0.05, 0) is 43.3 Å². The Balaban J connectivity index is 2.33. The SMILES string of the molecule is CNc1ccc(S(=O)(=O)Nc2cccc(F)c2C)cc1. The first-order valence-electron chi connectivity index (χ1n) is 6.00. The van der Waals surface area contributed by atoms with E-state index >= 15 is 0 Å². The Bertz CT molecular complexity index is 712. The van der Waals surface area contributed by atoms with E-state index in [1.165, 1.54) is 37.3 Å². The first-order chi connectivity index (χ1) is 9.44. The summed E-state index contributed by atoms with van der Waals surface area (Å²) in [4.78, 5) is 0.125. The Morgan fingerprint density at radius 2 is 1.70 bits per heavy atom. The van der Waals surface area contributed by atoms with Gasteiger partial charge in [0.25, 0.3) is 10.0 Å². The summed E-state index contributed by atoms with van der Waals surface area (Å²) in [5, 5.41) is 2.91. The molecular formula is C14H15FN2O2S. The monoisotopic (exact) mass is 294 g/mol. The molecule has 2 aromatic rings. The molecule has 0 aliphatic rings. The summed E-state index contributed by atoms with van der Waals surface area (Å²) in [6.45, 7) is 1.53. The number of anilines is 2. The van der Waals surface area contributed by atoms with Crippen LogP contribution in [0.15, 0.2) is 47.4 Å². The molecule has 0 aliphatic carbocycles. The number of sulfonamides is 1. The van der Waals surface area contributed by atoms with Gasteiger partial charge >= 0.3 is 0 Å². The minimum absolute atomic E-state index is 0.125. The van der Waals surface area contributed by atoms with Gasteiger partial charge in [0.1, 0.15) is 5.82 Å². The smallest absolute Gasteiger partial charge is 0.261 e. The van der Waals surface area contributed by atoms with Crippen LogP contribution in [0.1, 0.15) is 5.56 Å². The van der Waals surface area contributed by atoms with E-state index in [9.17, 15) is 12.8 Å². The number of halogens is 1. The Hall–Kier alpha value is -2.08.